The summed E-state index contributed by atoms with van der Waals surface area (Å²) >= 11 is 9.17. The molecule has 1 heterocycles. The molecule has 1 rings (SSSR count). The average molecular weight is 293 g/mol. The van der Waals surface area contributed by atoms with Crippen LogP contribution in [0.2, 0.25) is 5.02 Å². The zero-order chi connectivity index (χ0) is 11.3. The lowest BCUT2D eigenvalue weighted by molar-refractivity contribution is 0.626. The fraction of sp³-hybridized carbons (Fsp3) is 0.500. The van der Waals surface area contributed by atoms with Crippen LogP contribution in [0.5, 0.6) is 0 Å². The molecule has 0 fully saturated rings. The molecule has 0 aromatic carbocycles. The summed E-state index contributed by atoms with van der Waals surface area (Å²) in [6.45, 7) is 2.84. The number of halogens is 2. The van der Waals surface area contributed by atoms with Gasteiger partial charge < -0.3 is 11.1 Å². The zero-order valence-corrected chi connectivity index (χ0v) is 11.0. The molecule has 3 N–H and O–H groups in total. The van der Waals surface area contributed by atoms with E-state index in [1.807, 2.05) is 6.07 Å². The van der Waals surface area contributed by atoms with E-state index < -0.39 is 0 Å². The van der Waals surface area contributed by atoms with Gasteiger partial charge in [-0.2, -0.15) is 0 Å². The Balaban J connectivity index is 2.50. The van der Waals surface area contributed by atoms with E-state index in [4.69, 9.17) is 17.3 Å². The molecule has 3 nitrogen and oxygen atoms in total. The summed E-state index contributed by atoms with van der Waals surface area (Å²) in [5.41, 5.74) is 5.88. The first-order valence-electron chi connectivity index (χ1n) is 4.94. The predicted molar refractivity (Wildman–Crippen MR) is 68.3 cm³/mol. The Bertz CT molecular complexity index is 320. The van der Waals surface area contributed by atoms with Crippen molar-refractivity contribution in [3.8, 4) is 0 Å². The minimum absolute atomic E-state index is 0.166. The molecule has 84 valence electrons. The molecule has 0 aliphatic carbocycles. The van der Waals surface area contributed by atoms with E-state index in [2.05, 4.69) is 33.2 Å². The number of pyridine rings is 1. The highest BCUT2D eigenvalue weighted by molar-refractivity contribution is 9.10. The van der Waals surface area contributed by atoms with E-state index in [1.54, 1.807) is 6.20 Å². The maximum Gasteiger partial charge on any atom is 0.140 e. The second kappa shape index (κ2) is 6.30. The van der Waals surface area contributed by atoms with Gasteiger partial charge >= 0.3 is 0 Å². The van der Waals surface area contributed by atoms with Gasteiger partial charge in [-0.05, 0) is 28.4 Å². The van der Waals surface area contributed by atoms with Crippen LogP contribution in [0.25, 0.3) is 0 Å². The summed E-state index contributed by atoms with van der Waals surface area (Å²) in [7, 11) is 0. The lowest BCUT2D eigenvalue weighted by atomic mass is 10.2. The molecule has 0 spiro atoms. The normalized spacial score (nSPS) is 12.5. The fourth-order valence-corrected chi connectivity index (χ4v) is 2.02. The second-order valence-corrected chi connectivity index (χ2v) is 4.70. The molecule has 1 aromatic rings. The molecule has 5 heteroatoms. The van der Waals surface area contributed by atoms with Gasteiger partial charge in [0.2, 0.25) is 0 Å². The molecule has 0 bridgehead atoms. The van der Waals surface area contributed by atoms with Gasteiger partial charge in [-0.15, -0.1) is 0 Å². The summed E-state index contributed by atoms with van der Waals surface area (Å²) in [4.78, 5) is 4.16. The van der Waals surface area contributed by atoms with E-state index in [-0.39, 0.29) is 6.04 Å². The number of hydrogen-bond donors (Lipinski definition) is 2. The van der Waals surface area contributed by atoms with Crippen molar-refractivity contribution in [3.05, 3.63) is 21.8 Å². The number of hydrogen-bond acceptors (Lipinski definition) is 3. The van der Waals surface area contributed by atoms with Crippen molar-refractivity contribution in [2.75, 3.05) is 11.9 Å². The average Bonchev–Trinajstić information content (AvgIpc) is 2.17. The summed E-state index contributed by atoms with van der Waals surface area (Å²) in [5.74, 6) is 0.783. The fourth-order valence-electron chi connectivity index (χ4n) is 1.25. The van der Waals surface area contributed by atoms with Crippen LogP contribution in [0.15, 0.2) is 16.7 Å². The largest absolute Gasteiger partial charge is 0.368 e. The quantitative estimate of drug-likeness (QED) is 0.877. The molecule has 15 heavy (non-hydrogen) atoms. The SMILES string of the molecule is CCCC(N)CNc1ncc(Cl)cc1Br. The first-order chi connectivity index (χ1) is 7.13. The van der Waals surface area contributed by atoms with Crippen molar-refractivity contribution >= 4 is 33.3 Å². The smallest absolute Gasteiger partial charge is 0.140 e. The summed E-state index contributed by atoms with van der Waals surface area (Å²) in [6, 6.07) is 1.97. The van der Waals surface area contributed by atoms with E-state index in [0.29, 0.717) is 5.02 Å². The Kier molecular flexibility index (Phi) is 5.36. The van der Waals surface area contributed by atoms with E-state index >= 15 is 0 Å². The molecule has 1 unspecified atom stereocenters. The molecular weight excluding hydrogens is 277 g/mol. The van der Waals surface area contributed by atoms with E-state index in [9.17, 15) is 0 Å². The lowest BCUT2D eigenvalue weighted by Gasteiger charge is -2.12. The van der Waals surface area contributed by atoms with Gasteiger partial charge in [0.25, 0.3) is 0 Å². The van der Waals surface area contributed by atoms with Gasteiger partial charge in [0.15, 0.2) is 0 Å². The summed E-state index contributed by atoms with van der Waals surface area (Å²) in [5, 5.41) is 3.80. The van der Waals surface area contributed by atoms with Gasteiger partial charge in [0.1, 0.15) is 5.82 Å². The van der Waals surface area contributed by atoms with Crippen molar-refractivity contribution in [2.24, 2.45) is 5.73 Å². The topological polar surface area (TPSA) is 50.9 Å². The zero-order valence-electron chi connectivity index (χ0n) is 8.63. The monoisotopic (exact) mass is 291 g/mol. The Morgan fingerprint density at radius 1 is 1.67 bits per heavy atom. The van der Waals surface area contributed by atoms with Crippen LogP contribution < -0.4 is 11.1 Å². The lowest BCUT2D eigenvalue weighted by Crippen LogP contribution is -2.29. The Labute approximate surface area is 104 Å². The van der Waals surface area contributed by atoms with E-state index in [1.165, 1.54) is 0 Å². The third-order valence-electron chi connectivity index (χ3n) is 2.00. The maximum atomic E-state index is 5.88. The van der Waals surface area contributed by atoms with Crippen molar-refractivity contribution in [1.29, 1.82) is 0 Å². The maximum absolute atomic E-state index is 5.88. The second-order valence-electron chi connectivity index (χ2n) is 3.41. The molecule has 1 aromatic heterocycles. The van der Waals surface area contributed by atoms with E-state index in [0.717, 1.165) is 29.7 Å². The van der Waals surface area contributed by atoms with Gasteiger partial charge in [0, 0.05) is 18.8 Å². The summed E-state index contributed by atoms with van der Waals surface area (Å²) in [6.07, 6.45) is 3.72. The Morgan fingerprint density at radius 3 is 3.00 bits per heavy atom. The molecule has 0 radical (unpaired) electrons. The molecule has 1 atom stereocenters. The summed E-state index contributed by atoms with van der Waals surface area (Å²) < 4.78 is 0.860. The standard InChI is InChI=1S/C10H15BrClN3/c1-2-3-8(13)6-15-10-9(11)4-7(12)5-14-10/h4-5,8H,2-3,6,13H2,1H3,(H,14,15). The molecule has 0 amide bonds. The van der Waals surface area contributed by atoms with Crippen LogP contribution in [0.3, 0.4) is 0 Å². The third kappa shape index (κ3) is 4.36. The molecule has 0 aliphatic heterocycles. The number of nitrogens with one attached hydrogen (secondary N) is 1. The van der Waals surface area contributed by atoms with Crippen LogP contribution >= 0.6 is 27.5 Å². The Hall–Kier alpha value is -0.320. The predicted octanol–water partition coefficient (Wildman–Crippen LogP) is 3.04. The van der Waals surface area contributed by atoms with Crippen LogP contribution in [0.4, 0.5) is 5.82 Å². The van der Waals surface area contributed by atoms with Crippen molar-refractivity contribution in [3.63, 3.8) is 0 Å². The third-order valence-corrected chi connectivity index (χ3v) is 2.81. The molecular formula is C10H15BrClN3. The first-order valence-corrected chi connectivity index (χ1v) is 6.11. The number of anilines is 1. The van der Waals surface area contributed by atoms with Crippen molar-refractivity contribution in [1.82, 2.24) is 4.98 Å². The minimum Gasteiger partial charge on any atom is -0.368 e. The molecule has 0 saturated heterocycles. The van der Waals surface area contributed by atoms with Crippen molar-refractivity contribution < 1.29 is 0 Å². The van der Waals surface area contributed by atoms with Gasteiger partial charge in [-0.3, -0.25) is 0 Å². The highest BCUT2D eigenvalue weighted by Gasteiger charge is 2.04. The minimum atomic E-state index is 0.166. The highest BCUT2D eigenvalue weighted by atomic mass is 79.9. The number of aromatic nitrogens is 1. The Morgan fingerprint density at radius 2 is 2.40 bits per heavy atom. The van der Waals surface area contributed by atoms with Gasteiger partial charge in [-0.1, -0.05) is 24.9 Å². The van der Waals surface area contributed by atoms with Crippen molar-refractivity contribution in [2.45, 2.75) is 25.8 Å². The van der Waals surface area contributed by atoms with Gasteiger partial charge in [0.05, 0.1) is 9.50 Å². The molecule has 0 saturated carbocycles. The van der Waals surface area contributed by atoms with Crippen LogP contribution in [0, 0.1) is 0 Å². The number of nitrogens with zero attached hydrogens (tertiary/aromatic N) is 1. The first kappa shape index (κ1) is 12.7. The van der Waals surface area contributed by atoms with Gasteiger partial charge in [-0.25, -0.2) is 4.98 Å². The van der Waals surface area contributed by atoms with Crippen LogP contribution in [-0.4, -0.2) is 17.6 Å². The highest BCUT2D eigenvalue weighted by Crippen LogP contribution is 2.22. The number of nitrogens with two attached hydrogens (primary N) is 1. The molecule has 0 aliphatic rings. The van der Waals surface area contributed by atoms with Crippen LogP contribution in [0.1, 0.15) is 19.8 Å². The number of rotatable bonds is 5. The van der Waals surface area contributed by atoms with Crippen LogP contribution in [-0.2, 0) is 0 Å².